The van der Waals surface area contributed by atoms with Crippen molar-refractivity contribution >= 4 is 34.6 Å². The van der Waals surface area contributed by atoms with Crippen LogP contribution in [0, 0.1) is 0 Å². The number of imide groups is 1. The number of aromatic nitrogens is 3. The van der Waals surface area contributed by atoms with Crippen molar-refractivity contribution in [1.29, 1.82) is 0 Å². The molecule has 1 aromatic carbocycles. The number of carbonyl (C=O) groups is 2. The second-order valence-corrected chi connectivity index (χ2v) is 6.22. The number of amides is 3. The van der Waals surface area contributed by atoms with Gasteiger partial charge in [-0.2, -0.15) is 0 Å². The molecule has 0 saturated carbocycles. The maximum atomic E-state index is 11.5. The quantitative estimate of drug-likeness (QED) is 0.541. The normalized spacial score (nSPS) is 14.6. The van der Waals surface area contributed by atoms with Gasteiger partial charge in [0.1, 0.15) is 0 Å². The Hall–Kier alpha value is -2.81. The van der Waals surface area contributed by atoms with E-state index < -0.39 is 0 Å². The molecule has 0 atom stereocenters. The third-order valence-corrected chi connectivity index (χ3v) is 4.50. The van der Waals surface area contributed by atoms with Crippen LogP contribution < -0.4 is 5.32 Å². The summed E-state index contributed by atoms with van der Waals surface area (Å²) in [4.78, 5) is 27.3. The molecule has 0 aliphatic carbocycles. The fourth-order valence-electron chi connectivity index (χ4n) is 2.53. The predicted molar refractivity (Wildman–Crippen MR) is 87.4 cm³/mol. The number of para-hydroxylation sites is 1. The van der Waals surface area contributed by atoms with Gasteiger partial charge in [0, 0.05) is 29.4 Å². The van der Waals surface area contributed by atoms with Crippen molar-refractivity contribution in [3.05, 3.63) is 30.5 Å². The average Bonchev–Trinajstić information content (AvgIpc) is 3.29. The van der Waals surface area contributed by atoms with Gasteiger partial charge in [-0.1, -0.05) is 30.0 Å². The van der Waals surface area contributed by atoms with Crippen LogP contribution in [0.5, 0.6) is 0 Å². The van der Waals surface area contributed by atoms with Gasteiger partial charge in [0.25, 0.3) is 11.1 Å². The molecule has 0 unspecified atom stereocenters. The lowest BCUT2D eigenvalue weighted by molar-refractivity contribution is -0.124. The van der Waals surface area contributed by atoms with Crippen LogP contribution in [0.1, 0.15) is 0 Å². The summed E-state index contributed by atoms with van der Waals surface area (Å²) in [6.07, 6.45) is 1.83. The summed E-state index contributed by atoms with van der Waals surface area (Å²) < 4.78 is 5.67. The monoisotopic (exact) mass is 343 g/mol. The van der Waals surface area contributed by atoms with E-state index >= 15 is 0 Å². The van der Waals surface area contributed by atoms with Crippen LogP contribution in [0.15, 0.2) is 40.1 Å². The number of rotatable bonds is 5. The average molecular weight is 343 g/mol. The Kier molecular flexibility index (Phi) is 3.69. The summed E-state index contributed by atoms with van der Waals surface area (Å²) in [5.74, 6) is 0.713. The molecule has 0 spiro atoms. The predicted octanol–water partition coefficient (Wildman–Crippen LogP) is 1.86. The molecule has 1 saturated heterocycles. The zero-order valence-corrected chi connectivity index (χ0v) is 13.3. The standard InChI is InChI=1S/C15H13N5O3S/c21-12-8-17-14(22)20(12)5-6-24-15-19-18-13(23-15)10-7-16-11-4-2-1-3-9(10)11/h1-4,7,16H,5-6,8H2,(H,17,22). The molecule has 3 amide bonds. The minimum absolute atomic E-state index is 0.0643. The third kappa shape index (κ3) is 2.62. The van der Waals surface area contributed by atoms with Gasteiger partial charge in [0.15, 0.2) is 0 Å². The number of nitrogens with one attached hydrogen (secondary N) is 2. The maximum absolute atomic E-state index is 11.5. The van der Waals surface area contributed by atoms with Crippen molar-refractivity contribution in [1.82, 2.24) is 25.4 Å². The van der Waals surface area contributed by atoms with Gasteiger partial charge in [-0.15, -0.1) is 10.2 Å². The van der Waals surface area contributed by atoms with Gasteiger partial charge in [-0.05, 0) is 6.07 Å². The van der Waals surface area contributed by atoms with E-state index in [9.17, 15) is 9.59 Å². The van der Waals surface area contributed by atoms with Crippen LogP contribution >= 0.6 is 11.8 Å². The summed E-state index contributed by atoms with van der Waals surface area (Å²) in [7, 11) is 0. The number of nitrogens with zero attached hydrogens (tertiary/aromatic N) is 3. The van der Waals surface area contributed by atoms with Gasteiger partial charge in [-0.25, -0.2) is 4.79 Å². The zero-order chi connectivity index (χ0) is 16.5. The molecule has 122 valence electrons. The van der Waals surface area contributed by atoms with E-state index in [1.807, 2.05) is 30.5 Å². The largest absolute Gasteiger partial charge is 0.411 e. The molecule has 2 N–H and O–H groups in total. The molecule has 3 heterocycles. The molecule has 4 rings (SSSR count). The third-order valence-electron chi connectivity index (χ3n) is 3.70. The van der Waals surface area contributed by atoms with Crippen molar-refractivity contribution in [3.63, 3.8) is 0 Å². The van der Waals surface area contributed by atoms with Crippen LogP contribution in [-0.4, -0.2) is 50.9 Å². The van der Waals surface area contributed by atoms with E-state index in [0.717, 1.165) is 16.5 Å². The molecule has 9 heteroatoms. The van der Waals surface area contributed by atoms with Gasteiger partial charge in [-0.3, -0.25) is 9.69 Å². The lowest BCUT2D eigenvalue weighted by Gasteiger charge is -2.10. The number of H-pyrrole nitrogens is 1. The molecule has 3 aromatic rings. The number of aromatic amines is 1. The number of thioether (sulfide) groups is 1. The first-order chi connectivity index (χ1) is 11.7. The lowest BCUT2D eigenvalue weighted by Crippen LogP contribution is -2.32. The van der Waals surface area contributed by atoms with Gasteiger partial charge in [0.2, 0.25) is 5.91 Å². The molecule has 8 nitrogen and oxygen atoms in total. The summed E-state index contributed by atoms with van der Waals surface area (Å²) in [5.41, 5.74) is 1.84. The van der Waals surface area contributed by atoms with Crippen molar-refractivity contribution in [3.8, 4) is 11.5 Å². The number of hydrogen-bond acceptors (Lipinski definition) is 6. The van der Waals surface area contributed by atoms with Crippen molar-refractivity contribution < 1.29 is 14.0 Å². The Labute approximate surface area is 140 Å². The van der Waals surface area contributed by atoms with Crippen LogP contribution in [0.25, 0.3) is 22.4 Å². The topological polar surface area (TPSA) is 104 Å². The Balaban J connectivity index is 1.43. The molecule has 0 radical (unpaired) electrons. The molecule has 0 bridgehead atoms. The second kappa shape index (κ2) is 6.00. The fourth-order valence-corrected chi connectivity index (χ4v) is 3.22. The molecular weight excluding hydrogens is 330 g/mol. The van der Waals surface area contributed by atoms with Gasteiger partial charge in [0.05, 0.1) is 12.1 Å². The van der Waals surface area contributed by atoms with Crippen molar-refractivity contribution in [2.24, 2.45) is 0 Å². The number of urea groups is 1. The highest BCUT2D eigenvalue weighted by Crippen LogP contribution is 2.29. The number of benzene rings is 1. The van der Waals surface area contributed by atoms with Gasteiger partial charge >= 0.3 is 6.03 Å². The second-order valence-electron chi connectivity index (χ2n) is 5.17. The van der Waals surface area contributed by atoms with Crippen LogP contribution in [-0.2, 0) is 4.79 Å². The summed E-state index contributed by atoms with van der Waals surface area (Å²) >= 11 is 1.31. The zero-order valence-electron chi connectivity index (χ0n) is 12.5. The van der Waals surface area contributed by atoms with E-state index in [2.05, 4.69) is 20.5 Å². The Morgan fingerprint density at radius 1 is 1.25 bits per heavy atom. The molecule has 1 aliphatic heterocycles. The first-order valence-corrected chi connectivity index (χ1v) is 8.32. The van der Waals surface area contributed by atoms with E-state index in [1.54, 1.807) is 0 Å². The summed E-state index contributed by atoms with van der Waals surface area (Å²) in [5, 5.41) is 12.0. The Bertz CT molecular complexity index is 903. The van der Waals surface area contributed by atoms with E-state index in [1.165, 1.54) is 16.7 Å². The minimum atomic E-state index is -0.356. The first kappa shape index (κ1) is 14.8. The fraction of sp³-hybridized carbons (Fsp3) is 0.200. The van der Waals surface area contributed by atoms with Crippen LogP contribution in [0.3, 0.4) is 0 Å². The number of hydrogen-bond donors (Lipinski definition) is 2. The summed E-state index contributed by atoms with van der Waals surface area (Å²) in [6.45, 7) is 0.370. The maximum Gasteiger partial charge on any atom is 0.324 e. The van der Waals surface area contributed by atoms with Crippen LogP contribution in [0.2, 0.25) is 0 Å². The van der Waals surface area contributed by atoms with E-state index in [-0.39, 0.29) is 18.5 Å². The SMILES string of the molecule is O=C1CNC(=O)N1CCSc1nnc(-c2c[nH]c3ccccc23)o1. The smallest absolute Gasteiger partial charge is 0.324 e. The first-order valence-electron chi connectivity index (χ1n) is 7.33. The molecular formula is C15H13N5O3S. The Morgan fingerprint density at radius 3 is 2.96 bits per heavy atom. The van der Waals surface area contributed by atoms with Gasteiger partial charge < -0.3 is 14.7 Å². The number of carbonyl (C=O) groups excluding carboxylic acids is 2. The molecule has 2 aromatic heterocycles. The molecule has 1 fully saturated rings. The van der Waals surface area contributed by atoms with E-state index in [4.69, 9.17) is 4.42 Å². The molecule has 1 aliphatic rings. The number of fused-ring (bicyclic) bond motifs is 1. The van der Waals surface area contributed by atoms with Crippen molar-refractivity contribution in [2.45, 2.75) is 5.22 Å². The minimum Gasteiger partial charge on any atom is -0.411 e. The summed E-state index contributed by atoms with van der Waals surface area (Å²) in [6, 6.07) is 7.50. The molecule has 24 heavy (non-hydrogen) atoms. The van der Waals surface area contributed by atoms with Crippen molar-refractivity contribution in [2.75, 3.05) is 18.8 Å². The highest BCUT2D eigenvalue weighted by molar-refractivity contribution is 7.99. The highest BCUT2D eigenvalue weighted by atomic mass is 32.2. The highest BCUT2D eigenvalue weighted by Gasteiger charge is 2.27. The Morgan fingerprint density at radius 2 is 2.12 bits per heavy atom. The lowest BCUT2D eigenvalue weighted by atomic mass is 10.2. The van der Waals surface area contributed by atoms with E-state index in [0.29, 0.717) is 23.4 Å². The van der Waals surface area contributed by atoms with Crippen LogP contribution in [0.4, 0.5) is 4.79 Å².